The lowest BCUT2D eigenvalue weighted by molar-refractivity contribution is 0.102. The molecule has 2 aromatic rings. The topological polar surface area (TPSA) is 42.1 Å². The first-order valence-corrected chi connectivity index (χ1v) is 5.14. The van der Waals surface area contributed by atoms with E-state index in [9.17, 15) is 9.18 Å². The molecule has 0 fully saturated rings. The number of rotatable bonds is 3. The third-order valence-electron chi connectivity index (χ3n) is 2.38. The number of ether oxygens (including phenoxy) is 1. The Morgan fingerprint density at radius 2 is 2.31 bits per heavy atom. The highest BCUT2D eigenvalue weighted by molar-refractivity contribution is 6.32. The number of hydrogen-bond acceptors (Lipinski definition) is 2. The predicted molar refractivity (Wildman–Crippen MR) is 59.9 cm³/mol. The second kappa shape index (κ2) is 4.14. The molecule has 1 aromatic carbocycles. The number of benzene rings is 1. The predicted octanol–water partition coefficient (Wildman–Crippen LogP) is 2.74. The third kappa shape index (κ3) is 1.65. The number of nitrogens with one attached hydrogen (secondary N) is 1. The fourth-order valence-electron chi connectivity index (χ4n) is 1.58. The molecule has 0 spiro atoms. The zero-order valence-electron chi connectivity index (χ0n) is 8.51. The van der Waals surface area contributed by atoms with Gasteiger partial charge in [-0.1, -0.05) is 0 Å². The molecule has 1 N–H and O–H groups in total. The number of alkyl halides is 1. The summed E-state index contributed by atoms with van der Waals surface area (Å²) in [5.41, 5.74) is 1.04. The Kier molecular flexibility index (Phi) is 2.83. The number of ketones is 1. The van der Waals surface area contributed by atoms with Gasteiger partial charge in [0, 0.05) is 23.2 Å². The number of carbonyl (C=O) groups is 1. The third-order valence-corrected chi connectivity index (χ3v) is 2.62. The molecule has 0 aliphatic carbocycles. The highest BCUT2D eigenvalue weighted by Gasteiger charge is 2.14. The van der Waals surface area contributed by atoms with Crippen molar-refractivity contribution in [3.05, 3.63) is 29.7 Å². The largest absolute Gasteiger partial charge is 0.494 e. The Morgan fingerprint density at radius 1 is 1.56 bits per heavy atom. The number of aromatic nitrogens is 1. The van der Waals surface area contributed by atoms with E-state index in [2.05, 4.69) is 4.98 Å². The van der Waals surface area contributed by atoms with Crippen LogP contribution in [0.3, 0.4) is 0 Å². The van der Waals surface area contributed by atoms with E-state index >= 15 is 0 Å². The van der Waals surface area contributed by atoms with Crippen LogP contribution in [0.15, 0.2) is 18.3 Å². The Labute approximate surface area is 96.2 Å². The molecule has 0 radical (unpaired) electrons. The van der Waals surface area contributed by atoms with Gasteiger partial charge >= 0.3 is 0 Å². The van der Waals surface area contributed by atoms with E-state index in [1.54, 1.807) is 0 Å². The van der Waals surface area contributed by atoms with E-state index in [1.807, 2.05) is 0 Å². The molecular weight excluding hydrogens is 233 g/mol. The van der Waals surface area contributed by atoms with Crippen molar-refractivity contribution in [1.82, 2.24) is 4.98 Å². The lowest BCUT2D eigenvalue weighted by Gasteiger charge is -2.02. The van der Waals surface area contributed by atoms with E-state index in [-0.39, 0.29) is 17.4 Å². The Morgan fingerprint density at radius 3 is 2.94 bits per heavy atom. The fraction of sp³-hybridized carbons (Fsp3) is 0.182. The maximum atomic E-state index is 13.5. The van der Waals surface area contributed by atoms with E-state index in [0.29, 0.717) is 16.5 Å². The number of halogens is 2. The lowest BCUT2D eigenvalue weighted by atomic mass is 10.1. The quantitative estimate of drug-likeness (QED) is 0.663. The summed E-state index contributed by atoms with van der Waals surface area (Å²) in [7, 11) is 1.39. The Hall–Kier alpha value is -1.55. The fourth-order valence-corrected chi connectivity index (χ4v) is 1.73. The molecule has 2 rings (SSSR count). The maximum Gasteiger partial charge on any atom is 0.179 e. The molecule has 0 aliphatic rings. The van der Waals surface area contributed by atoms with Crippen molar-refractivity contribution < 1.29 is 13.9 Å². The molecule has 0 unspecified atom stereocenters. The Balaban J connectivity index is 2.65. The molecule has 1 heterocycles. The standard InChI is InChI=1S/C11H9ClFNO2/c1-16-11-3-9-6(2-8(11)13)7(5-14-9)10(15)4-12/h2-3,5,14H,4H2,1H3. The molecule has 0 atom stereocenters. The summed E-state index contributed by atoms with van der Waals surface area (Å²) in [5.74, 6) is -0.726. The molecule has 0 amide bonds. The summed E-state index contributed by atoms with van der Waals surface area (Å²) in [6.45, 7) is 0. The zero-order valence-corrected chi connectivity index (χ0v) is 9.27. The molecule has 0 saturated heterocycles. The summed E-state index contributed by atoms with van der Waals surface area (Å²) in [6, 6.07) is 2.78. The number of hydrogen-bond donors (Lipinski definition) is 1. The molecule has 3 nitrogen and oxygen atoms in total. The van der Waals surface area contributed by atoms with Crippen LogP contribution in [0.4, 0.5) is 4.39 Å². The van der Waals surface area contributed by atoms with Crippen LogP contribution >= 0.6 is 11.6 Å². The van der Waals surface area contributed by atoms with Crippen molar-refractivity contribution in [2.45, 2.75) is 0 Å². The second-order valence-electron chi connectivity index (χ2n) is 3.29. The monoisotopic (exact) mass is 241 g/mol. The first-order valence-electron chi connectivity index (χ1n) is 4.61. The molecule has 84 valence electrons. The summed E-state index contributed by atoms with van der Waals surface area (Å²) >= 11 is 5.46. The molecule has 0 aliphatic heterocycles. The van der Waals surface area contributed by atoms with Crippen LogP contribution in [0.25, 0.3) is 10.9 Å². The van der Waals surface area contributed by atoms with Gasteiger partial charge in [-0.2, -0.15) is 0 Å². The summed E-state index contributed by atoms with van der Waals surface area (Å²) in [6.07, 6.45) is 1.52. The zero-order chi connectivity index (χ0) is 11.7. The van der Waals surface area contributed by atoms with Crippen LogP contribution in [0, 0.1) is 5.82 Å². The van der Waals surface area contributed by atoms with Crippen molar-refractivity contribution in [3.63, 3.8) is 0 Å². The molecule has 0 saturated carbocycles. The first kappa shape index (κ1) is 11.0. The van der Waals surface area contributed by atoms with Gasteiger partial charge in [-0.15, -0.1) is 11.6 Å². The van der Waals surface area contributed by atoms with Gasteiger partial charge in [0.15, 0.2) is 17.3 Å². The van der Waals surface area contributed by atoms with E-state index in [0.717, 1.165) is 0 Å². The minimum Gasteiger partial charge on any atom is -0.494 e. The Bertz CT molecular complexity index is 550. The SMILES string of the molecule is COc1cc2[nH]cc(C(=O)CCl)c2cc1F. The van der Waals surface area contributed by atoms with Gasteiger partial charge in [0.1, 0.15) is 0 Å². The number of carbonyl (C=O) groups excluding carboxylic acids is 1. The average molecular weight is 242 g/mol. The van der Waals surface area contributed by atoms with Gasteiger partial charge in [-0.05, 0) is 6.07 Å². The van der Waals surface area contributed by atoms with Gasteiger partial charge in [0.2, 0.25) is 0 Å². The minimum atomic E-state index is -0.502. The first-order chi connectivity index (χ1) is 7.67. The number of methoxy groups -OCH3 is 1. The van der Waals surface area contributed by atoms with Crippen LogP contribution in [0.5, 0.6) is 5.75 Å². The van der Waals surface area contributed by atoms with Crippen molar-refractivity contribution in [2.75, 3.05) is 13.0 Å². The number of H-pyrrole nitrogens is 1. The summed E-state index contributed by atoms with van der Waals surface area (Å²) < 4.78 is 18.3. The minimum absolute atomic E-state index is 0.124. The van der Waals surface area contributed by atoms with Crippen LogP contribution in [-0.2, 0) is 0 Å². The number of Topliss-reactive ketones (excluding diaryl/α,β-unsaturated/α-hetero) is 1. The van der Waals surface area contributed by atoms with Crippen molar-refractivity contribution in [1.29, 1.82) is 0 Å². The molecule has 0 bridgehead atoms. The van der Waals surface area contributed by atoms with Crippen LogP contribution in [0.2, 0.25) is 0 Å². The average Bonchev–Trinajstić information content (AvgIpc) is 2.69. The number of aromatic amines is 1. The highest BCUT2D eigenvalue weighted by Crippen LogP contribution is 2.26. The van der Waals surface area contributed by atoms with Gasteiger partial charge in [-0.3, -0.25) is 4.79 Å². The van der Waals surface area contributed by atoms with Crippen LogP contribution in [-0.4, -0.2) is 23.8 Å². The summed E-state index contributed by atoms with van der Waals surface area (Å²) in [5, 5.41) is 0.518. The molecule has 16 heavy (non-hydrogen) atoms. The highest BCUT2D eigenvalue weighted by atomic mass is 35.5. The van der Waals surface area contributed by atoms with E-state index < -0.39 is 5.82 Å². The van der Waals surface area contributed by atoms with Crippen molar-refractivity contribution >= 4 is 28.3 Å². The van der Waals surface area contributed by atoms with Gasteiger partial charge < -0.3 is 9.72 Å². The lowest BCUT2D eigenvalue weighted by Crippen LogP contribution is -1.98. The molecule has 1 aromatic heterocycles. The maximum absolute atomic E-state index is 13.5. The van der Waals surface area contributed by atoms with E-state index in [1.165, 1.54) is 25.4 Å². The van der Waals surface area contributed by atoms with E-state index in [4.69, 9.17) is 16.3 Å². The smallest absolute Gasteiger partial charge is 0.179 e. The summed E-state index contributed by atoms with van der Waals surface area (Å²) in [4.78, 5) is 14.3. The van der Waals surface area contributed by atoms with Crippen molar-refractivity contribution in [3.8, 4) is 5.75 Å². The molecule has 5 heteroatoms. The van der Waals surface area contributed by atoms with Crippen LogP contribution in [0.1, 0.15) is 10.4 Å². The number of fused-ring (bicyclic) bond motifs is 1. The van der Waals surface area contributed by atoms with Crippen molar-refractivity contribution in [2.24, 2.45) is 0 Å². The van der Waals surface area contributed by atoms with Gasteiger partial charge in [-0.25, -0.2) is 4.39 Å². The van der Waals surface area contributed by atoms with Gasteiger partial charge in [0.25, 0.3) is 0 Å². The second-order valence-corrected chi connectivity index (χ2v) is 3.56. The van der Waals surface area contributed by atoms with Gasteiger partial charge in [0.05, 0.1) is 18.5 Å². The van der Waals surface area contributed by atoms with Crippen LogP contribution < -0.4 is 4.74 Å². The molecular formula is C11H9ClFNO2. The normalized spacial score (nSPS) is 10.7.